The van der Waals surface area contributed by atoms with Gasteiger partial charge in [0, 0.05) is 0 Å². The van der Waals surface area contributed by atoms with E-state index in [9.17, 15) is 9.90 Å². The first-order valence-corrected chi connectivity index (χ1v) is 9.73. The van der Waals surface area contributed by atoms with Crippen LogP contribution in [0.3, 0.4) is 0 Å². The highest BCUT2D eigenvalue weighted by Gasteiger charge is 2.21. The van der Waals surface area contributed by atoms with Crippen LogP contribution in [0.25, 0.3) is 0 Å². The lowest BCUT2D eigenvalue weighted by molar-refractivity contribution is -0.138. The molecule has 1 N–H and O–H groups in total. The Kier molecular flexibility index (Phi) is 6.90. The van der Waals surface area contributed by atoms with E-state index in [1.54, 1.807) is 0 Å². The van der Waals surface area contributed by atoms with E-state index in [4.69, 9.17) is 9.47 Å². The summed E-state index contributed by atoms with van der Waals surface area (Å²) in [6, 6.07) is 22.9. The van der Waals surface area contributed by atoms with Crippen molar-refractivity contribution in [3.05, 3.63) is 95.1 Å². The van der Waals surface area contributed by atoms with Crippen LogP contribution in [0, 0.1) is 13.8 Å². The van der Waals surface area contributed by atoms with Gasteiger partial charge in [0.1, 0.15) is 24.7 Å². The number of aliphatic carboxylic acids is 1. The summed E-state index contributed by atoms with van der Waals surface area (Å²) in [4.78, 5) is 11.8. The second-order valence-electron chi connectivity index (χ2n) is 7.01. The second kappa shape index (κ2) is 9.78. The third-order valence-corrected chi connectivity index (χ3v) is 5.05. The molecule has 3 aromatic rings. The number of rotatable bonds is 9. The first-order chi connectivity index (χ1) is 14.1. The molecule has 0 saturated heterocycles. The number of hydrogen-bond acceptors (Lipinski definition) is 3. The molecule has 0 aliphatic carbocycles. The zero-order valence-electron chi connectivity index (χ0n) is 16.8. The molecule has 0 radical (unpaired) electrons. The van der Waals surface area contributed by atoms with Crippen LogP contribution in [0.15, 0.2) is 72.8 Å². The first-order valence-electron chi connectivity index (χ1n) is 9.73. The largest absolute Gasteiger partial charge is 0.490 e. The molecule has 0 amide bonds. The van der Waals surface area contributed by atoms with E-state index < -0.39 is 11.9 Å². The monoisotopic (exact) mass is 390 g/mol. The second-order valence-corrected chi connectivity index (χ2v) is 7.01. The Morgan fingerprint density at radius 3 is 2.17 bits per heavy atom. The van der Waals surface area contributed by atoms with Crippen molar-refractivity contribution in [2.45, 2.75) is 26.2 Å². The maximum atomic E-state index is 11.8. The number of para-hydroxylation sites is 1. The predicted octanol–water partition coefficient (Wildman–Crippen LogP) is 5.17. The van der Waals surface area contributed by atoms with Crippen LogP contribution in [-0.4, -0.2) is 24.3 Å². The smallest absolute Gasteiger partial charge is 0.311 e. The van der Waals surface area contributed by atoms with Crippen LogP contribution in [0.4, 0.5) is 0 Å². The Labute approximate surface area is 171 Å². The molecule has 150 valence electrons. The minimum Gasteiger partial charge on any atom is -0.490 e. The fourth-order valence-corrected chi connectivity index (χ4v) is 3.25. The van der Waals surface area contributed by atoms with Crippen molar-refractivity contribution < 1.29 is 19.4 Å². The third-order valence-electron chi connectivity index (χ3n) is 5.05. The van der Waals surface area contributed by atoms with E-state index in [0.717, 1.165) is 22.4 Å². The van der Waals surface area contributed by atoms with E-state index in [0.29, 0.717) is 25.4 Å². The van der Waals surface area contributed by atoms with Crippen molar-refractivity contribution in [3.63, 3.8) is 0 Å². The van der Waals surface area contributed by atoms with Crippen molar-refractivity contribution in [1.82, 2.24) is 0 Å². The quantitative estimate of drug-likeness (QED) is 0.512. The fourth-order valence-electron chi connectivity index (χ4n) is 3.25. The standard InChI is InChI=1S/C25H26O4/c1-18-9-8-14-23(19(18)2)28-15-16-29-24-13-7-6-12-21(24)17-22(25(26)27)20-10-4-3-5-11-20/h3-14,22H,15-17H2,1-2H3,(H,26,27). The third kappa shape index (κ3) is 5.38. The average molecular weight is 390 g/mol. The molecular formula is C25H26O4. The van der Waals surface area contributed by atoms with Crippen molar-refractivity contribution in [2.24, 2.45) is 0 Å². The molecule has 3 rings (SSSR count). The Hall–Kier alpha value is -3.27. The topological polar surface area (TPSA) is 55.8 Å². The molecule has 0 heterocycles. The van der Waals surface area contributed by atoms with Gasteiger partial charge < -0.3 is 14.6 Å². The summed E-state index contributed by atoms with van der Waals surface area (Å²) in [7, 11) is 0. The molecule has 0 aliphatic heterocycles. The number of aryl methyl sites for hydroxylation is 1. The lowest BCUT2D eigenvalue weighted by Crippen LogP contribution is -2.16. The Morgan fingerprint density at radius 1 is 0.828 bits per heavy atom. The molecule has 1 unspecified atom stereocenters. The molecule has 0 fully saturated rings. The number of carboxylic acids is 1. The fraction of sp³-hybridized carbons (Fsp3) is 0.240. The average Bonchev–Trinajstić information content (AvgIpc) is 2.73. The van der Waals surface area contributed by atoms with Gasteiger partial charge in [0.15, 0.2) is 0 Å². The zero-order chi connectivity index (χ0) is 20.6. The van der Waals surface area contributed by atoms with Crippen LogP contribution in [0.2, 0.25) is 0 Å². The van der Waals surface area contributed by atoms with Gasteiger partial charge in [0.2, 0.25) is 0 Å². The molecule has 3 aromatic carbocycles. The molecule has 0 aromatic heterocycles. The minimum atomic E-state index is -0.843. The van der Waals surface area contributed by atoms with Crippen LogP contribution < -0.4 is 9.47 Å². The van der Waals surface area contributed by atoms with Crippen LogP contribution in [0.5, 0.6) is 11.5 Å². The molecule has 0 bridgehead atoms. The van der Waals surface area contributed by atoms with E-state index in [2.05, 4.69) is 13.0 Å². The normalized spacial score (nSPS) is 11.7. The summed E-state index contributed by atoms with van der Waals surface area (Å²) >= 11 is 0. The summed E-state index contributed by atoms with van der Waals surface area (Å²) in [5.74, 6) is 0.0903. The highest BCUT2D eigenvalue weighted by molar-refractivity contribution is 5.76. The highest BCUT2D eigenvalue weighted by Crippen LogP contribution is 2.27. The molecule has 0 saturated carbocycles. The zero-order valence-corrected chi connectivity index (χ0v) is 16.8. The summed E-state index contributed by atoms with van der Waals surface area (Å²) in [6.07, 6.45) is 0.368. The van der Waals surface area contributed by atoms with Gasteiger partial charge in [0.25, 0.3) is 0 Å². The molecule has 1 atom stereocenters. The van der Waals surface area contributed by atoms with Gasteiger partial charge in [-0.1, -0.05) is 60.7 Å². The van der Waals surface area contributed by atoms with Gasteiger partial charge in [-0.25, -0.2) is 0 Å². The number of carboxylic acid groups (broad SMARTS) is 1. The van der Waals surface area contributed by atoms with Crippen LogP contribution >= 0.6 is 0 Å². The van der Waals surface area contributed by atoms with Crippen LogP contribution in [0.1, 0.15) is 28.2 Å². The van der Waals surface area contributed by atoms with Gasteiger partial charge in [0.05, 0.1) is 5.92 Å². The van der Waals surface area contributed by atoms with Crippen molar-refractivity contribution >= 4 is 5.97 Å². The summed E-state index contributed by atoms with van der Waals surface area (Å²) in [5, 5.41) is 9.71. The summed E-state index contributed by atoms with van der Waals surface area (Å²) in [6.45, 7) is 4.89. The van der Waals surface area contributed by atoms with E-state index in [1.165, 1.54) is 5.56 Å². The van der Waals surface area contributed by atoms with Gasteiger partial charge in [-0.05, 0) is 54.7 Å². The summed E-state index contributed by atoms with van der Waals surface area (Å²) in [5.41, 5.74) is 3.97. The highest BCUT2D eigenvalue weighted by atomic mass is 16.5. The molecular weight excluding hydrogens is 364 g/mol. The van der Waals surface area contributed by atoms with Gasteiger partial charge in [-0.2, -0.15) is 0 Å². The summed E-state index contributed by atoms with van der Waals surface area (Å²) < 4.78 is 11.8. The Morgan fingerprint density at radius 2 is 1.45 bits per heavy atom. The maximum absolute atomic E-state index is 11.8. The van der Waals surface area contributed by atoms with E-state index in [-0.39, 0.29) is 0 Å². The van der Waals surface area contributed by atoms with E-state index >= 15 is 0 Å². The van der Waals surface area contributed by atoms with Crippen molar-refractivity contribution in [1.29, 1.82) is 0 Å². The van der Waals surface area contributed by atoms with Gasteiger partial charge in [-0.3, -0.25) is 4.79 Å². The predicted molar refractivity (Wildman–Crippen MR) is 114 cm³/mol. The van der Waals surface area contributed by atoms with Gasteiger partial charge in [-0.15, -0.1) is 0 Å². The SMILES string of the molecule is Cc1cccc(OCCOc2ccccc2CC(C(=O)O)c2ccccc2)c1C. The molecule has 0 spiro atoms. The van der Waals surface area contributed by atoms with Gasteiger partial charge >= 0.3 is 5.97 Å². The number of ether oxygens (including phenoxy) is 2. The Bertz CT molecular complexity index is 950. The maximum Gasteiger partial charge on any atom is 0.311 e. The number of hydrogen-bond donors (Lipinski definition) is 1. The van der Waals surface area contributed by atoms with Crippen LogP contribution in [-0.2, 0) is 11.2 Å². The van der Waals surface area contributed by atoms with E-state index in [1.807, 2.05) is 73.7 Å². The number of benzene rings is 3. The molecule has 29 heavy (non-hydrogen) atoms. The molecule has 0 aliphatic rings. The Balaban J connectivity index is 1.64. The molecule has 4 nitrogen and oxygen atoms in total. The lowest BCUT2D eigenvalue weighted by Gasteiger charge is -2.17. The molecule has 4 heteroatoms. The number of carbonyl (C=O) groups is 1. The van der Waals surface area contributed by atoms with Crippen molar-refractivity contribution in [3.8, 4) is 11.5 Å². The first kappa shape index (κ1) is 20.5. The van der Waals surface area contributed by atoms with Crippen molar-refractivity contribution in [2.75, 3.05) is 13.2 Å². The minimum absolute atomic E-state index is 0.368. The lowest BCUT2D eigenvalue weighted by atomic mass is 9.92.